The molecule has 0 radical (unpaired) electrons. The highest BCUT2D eigenvalue weighted by Crippen LogP contribution is 2.38. The van der Waals surface area contributed by atoms with Crippen molar-refractivity contribution in [2.45, 2.75) is 56.1 Å². The van der Waals surface area contributed by atoms with Crippen LogP contribution in [0.2, 0.25) is 5.02 Å². The van der Waals surface area contributed by atoms with Gasteiger partial charge in [-0.1, -0.05) is 11.6 Å². The van der Waals surface area contributed by atoms with E-state index in [-0.39, 0.29) is 46.1 Å². The Labute approximate surface area is 198 Å². The Balaban J connectivity index is 1.50. The first-order chi connectivity index (χ1) is 16.3. The van der Waals surface area contributed by atoms with Crippen LogP contribution in [-0.4, -0.2) is 72.2 Å². The molecule has 2 aliphatic rings. The molecule has 0 bridgehead atoms. The monoisotopic (exact) mass is 492 g/mol. The molecule has 0 unspecified atom stereocenters. The van der Waals surface area contributed by atoms with E-state index in [2.05, 4.69) is 25.5 Å². The van der Waals surface area contributed by atoms with Crippen molar-refractivity contribution in [1.82, 2.24) is 25.1 Å². The van der Waals surface area contributed by atoms with E-state index in [1.165, 1.54) is 29.4 Å². The molecule has 2 fully saturated rings. The van der Waals surface area contributed by atoms with E-state index in [0.29, 0.717) is 19.3 Å². The van der Waals surface area contributed by atoms with Crippen LogP contribution in [0.4, 0.5) is 14.6 Å². The number of fused-ring (bicyclic) bond motifs is 1. The second-order valence-electron chi connectivity index (χ2n) is 8.73. The third-order valence-corrected chi connectivity index (χ3v) is 6.77. The highest BCUT2D eigenvalue weighted by molar-refractivity contribution is 6.30. The molecule has 3 aromatic rings. The summed E-state index contributed by atoms with van der Waals surface area (Å²) in [6, 6.07) is 2.64. The van der Waals surface area contributed by atoms with E-state index in [1.54, 1.807) is 0 Å². The highest BCUT2D eigenvalue weighted by atomic mass is 35.5. The zero-order valence-corrected chi connectivity index (χ0v) is 18.7. The molecule has 34 heavy (non-hydrogen) atoms. The van der Waals surface area contributed by atoms with Crippen LogP contribution in [0.5, 0.6) is 0 Å². The lowest BCUT2D eigenvalue weighted by atomic mass is 9.90. The zero-order chi connectivity index (χ0) is 24.0. The molecule has 1 amide bonds. The van der Waals surface area contributed by atoms with E-state index >= 15 is 0 Å². The Morgan fingerprint density at radius 3 is 2.91 bits per heavy atom. The molecular weight excluding hydrogens is 470 g/mol. The largest absolute Gasteiger partial charge is 0.390 e. The smallest absolute Gasteiger partial charge is 0.273 e. The lowest BCUT2D eigenvalue weighted by Gasteiger charge is -2.32. The van der Waals surface area contributed by atoms with Crippen LogP contribution in [0.25, 0.3) is 11.0 Å². The fourth-order valence-electron chi connectivity index (χ4n) is 4.83. The third kappa shape index (κ3) is 4.08. The van der Waals surface area contributed by atoms with Crippen LogP contribution >= 0.6 is 11.6 Å². The van der Waals surface area contributed by atoms with Crippen molar-refractivity contribution in [2.75, 3.05) is 11.9 Å². The summed E-state index contributed by atoms with van der Waals surface area (Å²) in [5.41, 5.74) is 0.359. The van der Waals surface area contributed by atoms with Crippen LogP contribution < -0.4 is 5.32 Å². The summed E-state index contributed by atoms with van der Waals surface area (Å²) in [6.07, 6.45) is -0.217. The molecule has 9 nitrogen and oxygen atoms in total. The van der Waals surface area contributed by atoms with Gasteiger partial charge in [0.05, 0.1) is 36.2 Å². The fraction of sp³-hybridized carbons (Fsp3) is 0.455. The lowest BCUT2D eigenvalue weighted by molar-refractivity contribution is -0.0161. The van der Waals surface area contributed by atoms with Crippen molar-refractivity contribution in [1.29, 1.82) is 0 Å². The number of aliphatic hydroxyl groups excluding tert-OH is 2. The van der Waals surface area contributed by atoms with Gasteiger partial charge in [-0.2, -0.15) is 5.10 Å². The zero-order valence-electron chi connectivity index (χ0n) is 18.0. The van der Waals surface area contributed by atoms with Gasteiger partial charge in [0.2, 0.25) is 0 Å². The van der Waals surface area contributed by atoms with E-state index in [9.17, 15) is 23.8 Å². The van der Waals surface area contributed by atoms with Gasteiger partial charge in [0, 0.05) is 17.0 Å². The van der Waals surface area contributed by atoms with Crippen molar-refractivity contribution in [2.24, 2.45) is 0 Å². The van der Waals surface area contributed by atoms with Crippen molar-refractivity contribution in [3.05, 3.63) is 46.6 Å². The standard InChI is InChI=1S/C22H23ClF2N6O3/c23-10-4-5-13(25)12(6-10)15-7-11(24)8-31(15)22(34)18-17-20(26-9-27-21(17)30-29-18)28-14-2-1-3-16(32)19(14)33/h4-6,9,11,14-16,19,32-33H,1-3,7-8H2,(H2,26,27,28,29,30)/t11-,14+,15+,16+,19-/m0/s1. The van der Waals surface area contributed by atoms with Crippen LogP contribution in [-0.2, 0) is 0 Å². The number of carbonyl (C=O) groups is 1. The van der Waals surface area contributed by atoms with E-state index < -0.39 is 42.2 Å². The number of aromatic amines is 1. The molecule has 2 aromatic heterocycles. The minimum atomic E-state index is -1.34. The number of hydrogen-bond acceptors (Lipinski definition) is 7. The van der Waals surface area contributed by atoms with Gasteiger partial charge in [-0.05, 0) is 37.5 Å². The average molecular weight is 493 g/mol. The normalized spacial score (nSPS) is 27.3. The van der Waals surface area contributed by atoms with Crippen molar-refractivity contribution in [3.8, 4) is 0 Å². The quantitative estimate of drug-likeness (QED) is 0.441. The number of benzene rings is 1. The molecule has 5 atom stereocenters. The predicted molar refractivity (Wildman–Crippen MR) is 120 cm³/mol. The molecule has 5 rings (SSSR count). The number of aliphatic hydroxyl groups is 2. The Morgan fingerprint density at radius 1 is 1.26 bits per heavy atom. The molecular formula is C22H23ClF2N6O3. The fourth-order valence-corrected chi connectivity index (χ4v) is 5.01. The average Bonchev–Trinajstić information content (AvgIpc) is 3.42. The summed E-state index contributed by atoms with van der Waals surface area (Å²) in [6.45, 7) is -0.222. The second kappa shape index (κ2) is 9.05. The van der Waals surface area contributed by atoms with Crippen LogP contribution in [0.3, 0.4) is 0 Å². The minimum absolute atomic E-state index is 0.0190. The summed E-state index contributed by atoms with van der Waals surface area (Å²) in [4.78, 5) is 23.1. The van der Waals surface area contributed by atoms with Gasteiger partial charge >= 0.3 is 0 Å². The van der Waals surface area contributed by atoms with Gasteiger partial charge in [0.15, 0.2) is 5.65 Å². The molecule has 1 aliphatic heterocycles. The Hall–Kier alpha value is -2.89. The number of amides is 1. The SMILES string of the molecule is O=C(c1[nH]nc2ncnc(N[C@@H]3CCC[C@@H](O)[C@H]3O)c12)N1C[C@@H](F)C[C@@H]1c1cc(Cl)ccc1F. The molecule has 1 aliphatic carbocycles. The number of likely N-dealkylation sites (tertiary alicyclic amines) is 1. The van der Waals surface area contributed by atoms with Gasteiger partial charge in [-0.15, -0.1) is 0 Å². The molecule has 0 spiro atoms. The van der Waals surface area contributed by atoms with E-state index in [0.717, 1.165) is 0 Å². The maximum absolute atomic E-state index is 14.6. The second-order valence-corrected chi connectivity index (χ2v) is 9.17. The number of carbonyl (C=O) groups excluding carboxylic acids is 1. The first kappa shape index (κ1) is 22.9. The Morgan fingerprint density at radius 2 is 2.09 bits per heavy atom. The Bertz CT molecular complexity index is 1230. The predicted octanol–water partition coefficient (Wildman–Crippen LogP) is 2.76. The van der Waals surface area contributed by atoms with Gasteiger partial charge < -0.3 is 20.4 Å². The number of alkyl halides is 1. The molecule has 4 N–H and O–H groups in total. The van der Waals surface area contributed by atoms with Crippen molar-refractivity contribution >= 4 is 34.4 Å². The highest BCUT2D eigenvalue weighted by Gasteiger charge is 2.40. The first-order valence-electron chi connectivity index (χ1n) is 11.0. The molecule has 3 heterocycles. The minimum Gasteiger partial charge on any atom is -0.390 e. The molecule has 180 valence electrons. The summed E-state index contributed by atoms with van der Waals surface area (Å²) in [5, 5.41) is 30.8. The maximum Gasteiger partial charge on any atom is 0.273 e. The topological polar surface area (TPSA) is 127 Å². The first-order valence-corrected chi connectivity index (χ1v) is 11.4. The third-order valence-electron chi connectivity index (χ3n) is 6.54. The number of nitrogens with one attached hydrogen (secondary N) is 2. The number of H-pyrrole nitrogens is 1. The molecule has 1 aromatic carbocycles. The van der Waals surface area contributed by atoms with E-state index in [4.69, 9.17) is 11.6 Å². The van der Waals surface area contributed by atoms with Gasteiger partial charge in [0.1, 0.15) is 29.8 Å². The molecule has 12 heteroatoms. The van der Waals surface area contributed by atoms with Crippen molar-refractivity contribution in [3.63, 3.8) is 0 Å². The number of hydrogen-bond donors (Lipinski definition) is 4. The number of anilines is 1. The van der Waals surface area contributed by atoms with Crippen LogP contribution in [0.1, 0.15) is 47.8 Å². The van der Waals surface area contributed by atoms with E-state index in [1.807, 2.05) is 0 Å². The van der Waals surface area contributed by atoms with Crippen molar-refractivity contribution < 1.29 is 23.8 Å². The summed E-state index contributed by atoms with van der Waals surface area (Å²) < 4.78 is 29.0. The summed E-state index contributed by atoms with van der Waals surface area (Å²) >= 11 is 6.03. The van der Waals surface area contributed by atoms with Gasteiger partial charge in [-0.25, -0.2) is 18.7 Å². The maximum atomic E-state index is 14.6. The van der Waals surface area contributed by atoms with Crippen LogP contribution in [0, 0.1) is 5.82 Å². The summed E-state index contributed by atoms with van der Waals surface area (Å²) in [7, 11) is 0. The summed E-state index contributed by atoms with van der Waals surface area (Å²) in [5.74, 6) is -0.915. The molecule has 1 saturated carbocycles. The van der Waals surface area contributed by atoms with Gasteiger partial charge in [-0.3, -0.25) is 9.89 Å². The lowest BCUT2D eigenvalue weighted by Crippen LogP contribution is -2.45. The number of nitrogens with zero attached hydrogens (tertiary/aromatic N) is 4. The van der Waals surface area contributed by atoms with Crippen LogP contribution in [0.15, 0.2) is 24.5 Å². The molecule has 1 saturated heterocycles. The number of halogens is 3. The van der Waals surface area contributed by atoms with Gasteiger partial charge in [0.25, 0.3) is 5.91 Å². The number of rotatable bonds is 4. The Kier molecular flexibility index (Phi) is 6.09. The number of aromatic nitrogens is 4.